The number of morpholine rings is 1. The lowest BCUT2D eigenvalue weighted by Crippen LogP contribution is -2.37. The lowest BCUT2D eigenvalue weighted by Gasteiger charge is -2.30. The Morgan fingerprint density at radius 1 is 1.30 bits per heavy atom. The van der Waals surface area contributed by atoms with Crippen molar-refractivity contribution in [3.63, 3.8) is 0 Å². The largest absolute Gasteiger partial charge is 0.378 e. The summed E-state index contributed by atoms with van der Waals surface area (Å²) >= 11 is 0. The smallest absolute Gasteiger partial charge is 0.220 e. The number of hydrogen-bond acceptors (Lipinski definition) is 4. The second-order valence-electron chi connectivity index (χ2n) is 4.90. The van der Waals surface area contributed by atoms with Gasteiger partial charge in [0.15, 0.2) is 0 Å². The van der Waals surface area contributed by atoms with Gasteiger partial charge in [-0.2, -0.15) is 0 Å². The summed E-state index contributed by atoms with van der Waals surface area (Å²) in [6.07, 6.45) is 1.23. The fourth-order valence-corrected chi connectivity index (χ4v) is 2.32. The molecule has 0 unspecified atom stereocenters. The minimum Gasteiger partial charge on any atom is -0.378 e. The van der Waals surface area contributed by atoms with Gasteiger partial charge in [0, 0.05) is 31.7 Å². The molecule has 1 amide bonds. The zero-order valence-corrected chi connectivity index (χ0v) is 11.8. The number of para-hydroxylation sites is 1. The Bertz CT molecular complexity index is 431. The number of rotatable bonds is 6. The summed E-state index contributed by atoms with van der Waals surface area (Å²) in [5, 5.41) is 2.96. The van der Waals surface area contributed by atoms with Crippen molar-refractivity contribution in [2.24, 2.45) is 5.73 Å². The molecule has 5 heteroatoms. The van der Waals surface area contributed by atoms with E-state index in [1.165, 1.54) is 5.69 Å². The van der Waals surface area contributed by atoms with Crippen LogP contribution >= 0.6 is 0 Å². The van der Waals surface area contributed by atoms with Crippen LogP contribution < -0.4 is 16.0 Å². The predicted molar refractivity (Wildman–Crippen MR) is 79.6 cm³/mol. The molecule has 110 valence electrons. The molecule has 3 N–H and O–H groups in total. The Balaban J connectivity index is 1.95. The van der Waals surface area contributed by atoms with E-state index in [-0.39, 0.29) is 5.91 Å². The summed E-state index contributed by atoms with van der Waals surface area (Å²) < 4.78 is 5.38. The van der Waals surface area contributed by atoms with Gasteiger partial charge in [0.1, 0.15) is 0 Å². The topological polar surface area (TPSA) is 67.6 Å². The maximum atomic E-state index is 11.7. The van der Waals surface area contributed by atoms with Crippen molar-refractivity contribution >= 4 is 11.6 Å². The second kappa shape index (κ2) is 7.87. The highest BCUT2D eigenvalue weighted by Crippen LogP contribution is 2.21. The number of nitrogens with zero attached hydrogens (tertiary/aromatic N) is 1. The second-order valence-corrected chi connectivity index (χ2v) is 4.90. The monoisotopic (exact) mass is 277 g/mol. The van der Waals surface area contributed by atoms with Gasteiger partial charge in [0.05, 0.1) is 13.2 Å². The van der Waals surface area contributed by atoms with Crippen LogP contribution in [0.2, 0.25) is 0 Å². The van der Waals surface area contributed by atoms with Crippen molar-refractivity contribution in [3.05, 3.63) is 29.8 Å². The van der Waals surface area contributed by atoms with Gasteiger partial charge in [-0.3, -0.25) is 4.79 Å². The lowest BCUT2D eigenvalue weighted by atomic mass is 10.1. The SMILES string of the molecule is NCCCC(=O)NCc1ccccc1N1CCOCC1. The summed E-state index contributed by atoms with van der Waals surface area (Å²) in [6, 6.07) is 8.20. The highest BCUT2D eigenvalue weighted by Gasteiger charge is 2.14. The fraction of sp³-hybridized carbons (Fsp3) is 0.533. The third kappa shape index (κ3) is 4.21. The molecule has 0 bridgehead atoms. The quantitative estimate of drug-likeness (QED) is 0.810. The van der Waals surface area contributed by atoms with Gasteiger partial charge in [-0.25, -0.2) is 0 Å². The average molecular weight is 277 g/mol. The van der Waals surface area contributed by atoms with E-state index in [0.717, 1.165) is 38.3 Å². The summed E-state index contributed by atoms with van der Waals surface area (Å²) in [4.78, 5) is 14.0. The summed E-state index contributed by atoms with van der Waals surface area (Å²) in [5.41, 5.74) is 7.75. The molecule has 1 heterocycles. The molecule has 1 aromatic rings. The Labute approximate surface area is 120 Å². The number of nitrogens with one attached hydrogen (secondary N) is 1. The zero-order chi connectivity index (χ0) is 14.2. The number of hydrogen-bond donors (Lipinski definition) is 2. The van der Waals surface area contributed by atoms with Gasteiger partial charge in [0.25, 0.3) is 0 Å². The van der Waals surface area contributed by atoms with Crippen LogP contribution in [0.5, 0.6) is 0 Å². The van der Waals surface area contributed by atoms with Crippen molar-refractivity contribution in [2.45, 2.75) is 19.4 Å². The number of benzene rings is 1. The highest BCUT2D eigenvalue weighted by atomic mass is 16.5. The Morgan fingerprint density at radius 2 is 2.05 bits per heavy atom. The molecule has 0 radical (unpaired) electrons. The van der Waals surface area contributed by atoms with Crippen LogP contribution in [0.25, 0.3) is 0 Å². The van der Waals surface area contributed by atoms with Crippen LogP contribution in [0.3, 0.4) is 0 Å². The van der Waals surface area contributed by atoms with Crippen molar-refractivity contribution in [2.75, 3.05) is 37.7 Å². The van der Waals surface area contributed by atoms with Crippen LogP contribution in [0.4, 0.5) is 5.69 Å². The van der Waals surface area contributed by atoms with Crippen LogP contribution in [0.15, 0.2) is 24.3 Å². The number of nitrogens with two attached hydrogens (primary N) is 1. The Kier molecular flexibility index (Phi) is 5.83. The van der Waals surface area contributed by atoms with E-state index in [1.807, 2.05) is 12.1 Å². The molecular formula is C15H23N3O2. The average Bonchev–Trinajstić information content (AvgIpc) is 2.52. The molecule has 0 atom stereocenters. The van der Waals surface area contributed by atoms with Crippen molar-refractivity contribution in [1.29, 1.82) is 0 Å². The molecule has 1 fully saturated rings. The lowest BCUT2D eigenvalue weighted by molar-refractivity contribution is -0.121. The molecule has 0 aliphatic carbocycles. The molecule has 0 aromatic heterocycles. The summed E-state index contributed by atoms with van der Waals surface area (Å²) in [6.45, 7) is 4.44. The van der Waals surface area contributed by atoms with Gasteiger partial charge in [-0.05, 0) is 24.6 Å². The van der Waals surface area contributed by atoms with E-state index in [4.69, 9.17) is 10.5 Å². The van der Waals surface area contributed by atoms with E-state index in [0.29, 0.717) is 19.5 Å². The van der Waals surface area contributed by atoms with E-state index < -0.39 is 0 Å². The Hall–Kier alpha value is -1.59. The third-order valence-corrected chi connectivity index (χ3v) is 3.43. The first-order valence-electron chi connectivity index (χ1n) is 7.18. The minimum absolute atomic E-state index is 0.0623. The summed E-state index contributed by atoms with van der Waals surface area (Å²) in [7, 11) is 0. The van der Waals surface area contributed by atoms with Gasteiger partial charge in [-0.15, -0.1) is 0 Å². The van der Waals surface area contributed by atoms with E-state index in [9.17, 15) is 4.79 Å². The molecule has 5 nitrogen and oxygen atoms in total. The molecule has 1 aliphatic rings. The van der Waals surface area contributed by atoms with Crippen LogP contribution in [0, 0.1) is 0 Å². The maximum Gasteiger partial charge on any atom is 0.220 e. The van der Waals surface area contributed by atoms with Crippen LogP contribution in [-0.2, 0) is 16.1 Å². The first kappa shape index (κ1) is 14.8. The van der Waals surface area contributed by atoms with Crippen molar-refractivity contribution in [1.82, 2.24) is 5.32 Å². The Morgan fingerprint density at radius 3 is 2.80 bits per heavy atom. The number of anilines is 1. The standard InChI is InChI=1S/C15H23N3O2/c16-7-3-6-15(19)17-12-13-4-1-2-5-14(13)18-8-10-20-11-9-18/h1-2,4-5H,3,6-12,16H2,(H,17,19). The maximum absolute atomic E-state index is 11.7. The fourth-order valence-electron chi connectivity index (χ4n) is 2.32. The first-order chi connectivity index (χ1) is 9.81. The molecule has 0 saturated carbocycles. The van der Waals surface area contributed by atoms with Crippen molar-refractivity contribution < 1.29 is 9.53 Å². The van der Waals surface area contributed by atoms with Crippen LogP contribution in [0.1, 0.15) is 18.4 Å². The molecule has 2 rings (SSSR count). The predicted octanol–water partition coefficient (Wildman–Crippen LogP) is 0.878. The summed E-state index contributed by atoms with van der Waals surface area (Å²) in [5.74, 6) is 0.0623. The van der Waals surface area contributed by atoms with Gasteiger partial charge >= 0.3 is 0 Å². The van der Waals surface area contributed by atoms with Crippen molar-refractivity contribution in [3.8, 4) is 0 Å². The molecule has 0 spiro atoms. The van der Waals surface area contributed by atoms with Gasteiger partial charge < -0.3 is 20.7 Å². The van der Waals surface area contributed by atoms with Gasteiger partial charge in [-0.1, -0.05) is 18.2 Å². The van der Waals surface area contributed by atoms with E-state index >= 15 is 0 Å². The highest BCUT2D eigenvalue weighted by molar-refractivity contribution is 5.76. The number of carbonyl (C=O) groups excluding carboxylic acids is 1. The zero-order valence-electron chi connectivity index (χ0n) is 11.8. The number of ether oxygens (including phenoxy) is 1. The molecule has 1 aliphatic heterocycles. The van der Waals surface area contributed by atoms with E-state index in [1.54, 1.807) is 0 Å². The third-order valence-electron chi connectivity index (χ3n) is 3.43. The van der Waals surface area contributed by atoms with Crippen LogP contribution in [-0.4, -0.2) is 38.8 Å². The van der Waals surface area contributed by atoms with E-state index in [2.05, 4.69) is 22.3 Å². The molecule has 1 aromatic carbocycles. The normalized spacial score (nSPS) is 15.2. The molecular weight excluding hydrogens is 254 g/mol. The first-order valence-corrected chi connectivity index (χ1v) is 7.18. The number of amides is 1. The molecule has 20 heavy (non-hydrogen) atoms. The number of carbonyl (C=O) groups is 1. The molecule has 1 saturated heterocycles. The minimum atomic E-state index is 0.0623. The van der Waals surface area contributed by atoms with Gasteiger partial charge in [0.2, 0.25) is 5.91 Å².